The molecule has 5 fully saturated rings. The molecule has 1 aromatic heterocycles. The molecular formula is C20H28N4O2S. The van der Waals surface area contributed by atoms with Crippen LogP contribution < -0.4 is 10.6 Å². The number of rotatable bonds is 6. The van der Waals surface area contributed by atoms with E-state index < -0.39 is 0 Å². The number of aromatic nitrogens is 2. The van der Waals surface area contributed by atoms with Gasteiger partial charge in [-0.05, 0) is 68.6 Å². The summed E-state index contributed by atoms with van der Waals surface area (Å²) in [6, 6.07) is 0. The lowest BCUT2D eigenvalue weighted by molar-refractivity contribution is -0.122. The molecule has 2 atom stereocenters. The highest BCUT2D eigenvalue weighted by Gasteiger charge is 2.53. The van der Waals surface area contributed by atoms with Gasteiger partial charge < -0.3 is 10.6 Å². The van der Waals surface area contributed by atoms with Crippen molar-refractivity contribution in [2.75, 3.05) is 11.9 Å². The minimum absolute atomic E-state index is 0.0790. The van der Waals surface area contributed by atoms with Crippen molar-refractivity contribution >= 4 is 28.3 Å². The van der Waals surface area contributed by atoms with E-state index in [1.807, 2.05) is 0 Å². The summed E-state index contributed by atoms with van der Waals surface area (Å²) in [6.45, 7) is 2.46. The lowest BCUT2D eigenvalue weighted by atomic mass is 9.50. The van der Waals surface area contributed by atoms with Crippen LogP contribution in [0.3, 0.4) is 0 Å². The summed E-state index contributed by atoms with van der Waals surface area (Å²) in [5.74, 6) is 3.23. The van der Waals surface area contributed by atoms with Crippen LogP contribution in [0.25, 0.3) is 0 Å². The van der Waals surface area contributed by atoms with Crippen LogP contribution in [-0.2, 0) is 15.0 Å². The van der Waals surface area contributed by atoms with Crippen LogP contribution in [0.2, 0.25) is 0 Å². The molecule has 2 amide bonds. The molecule has 5 aliphatic rings. The molecule has 0 saturated heterocycles. The van der Waals surface area contributed by atoms with Crippen molar-refractivity contribution in [3.8, 4) is 0 Å². The Morgan fingerprint density at radius 3 is 2.30 bits per heavy atom. The van der Waals surface area contributed by atoms with Gasteiger partial charge >= 0.3 is 0 Å². The molecule has 1 aromatic rings. The van der Waals surface area contributed by atoms with Gasteiger partial charge in [0, 0.05) is 24.3 Å². The molecule has 5 saturated carbocycles. The summed E-state index contributed by atoms with van der Waals surface area (Å²) >= 11 is 1.56. The van der Waals surface area contributed by atoms with E-state index in [0.717, 1.165) is 29.2 Å². The van der Waals surface area contributed by atoms with Crippen LogP contribution in [0.4, 0.5) is 5.13 Å². The Labute approximate surface area is 163 Å². The largest absolute Gasteiger partial charge is 0.355 e. The third-order valence-corrected chi connectivity index (χ3v) is 8.35. The molecule has 2 N–H and O–H groups in total. The first kappa shape index (κ1) is 17.6. The van der Waals surface area contributed by atoms with E-state index in [-0.39, 0.29) is 29.6 Å². The number of anilines is 1. The predicted octanol–water partition coefficient (Wildman–Crippen LogP) is 3.11. The minimum atomic E-state index is -0.104. The lowest BCUT2D eigenvalue weighted by Crippen LogP contribution is -2.48. The Balaban J connectivity index is 1.15. The number of hydrogen-bond acceptors (Lipinski definition) is 5. The maximum Gasteiger partial charge on any atom is 0.227 e. The molecule has 6 rings (SSSR count). The Morgan fingerprint density at radius 1 is 1.07 bits per heavy atom. The zero-order chi connectivity index (χ0) is 18.6. The Bertz CT molecular complexity index is 726. The van der Waals surface area contributed by atoms with E-state index in [9.17, 15) is 9.59 Å². The van der Waals surface area contributed by atoms with E-state index >= 15 is 0 Å². The number of nitrogens with zero attached hydrogens (tertiary/aromatic N) is 2. The quantitative estimate of drug-likeness (QED) is 0.784. The maximum absolute atomic E-state index is 12.2. The van der Waals surface area contributed by atoms with Gasteiger partial charge in [-0.25, -0.2) is 0 Å². The van der Waals surface area contributed by atoms with Gasteiger partial charge in [0.25, 0.3) is 0 Å². The Kier molecular flexibility index (Phi) is 4.26. The van der Waals surface area contributed by atoms with Gasteiger partial charge in [-0.1, -0.05) is 18.3 Å². The van der Waals surface area contributed by atoms with Crippen molar-refractivity contribution in [1.29, 1.82) is 0 Å². The third-order valence-electron chi connectivity index (χ3n) is 7.26. The molecule has 0 aliphatic heterocycles. The average Bonchev–Trinajstić information content (AvgIpc) is 3.14. The first-order valence-corrected chi connectivity index (χ1v) is 11.2. The maximum atomic E-state index is 12.2. The van der Waals surface area contributed by atoms with E-state index in [2.05, 4.69) is 27.8 Å². The van der Waals surface area contributed by atoms with E-state index in [1.165, 1.54) is 38.5 Å². The Hall–Kier alpha value is -1.50. The normalized spacial score (nSPS) is 38.6. The molecule has 5 aliphatic carbocycles. The summed E-state index contributed by atoms with van der Waals surface area (Å²) in [5, 5.41) is 16.2. The summed E-state index contributed by atoms with van der Waals surface area (Å²) in [5.41, 5.74) is 0.227. The van der Waals surface area contributed by atoms with Gasteiger partial charge in [-0.3, -0.25) is 9.59 Å². The zero-order valence-corrected chi connectivity index (χ0v) is 16.7. The van der Waals surface area contributed by atoms with Crippen molar-refractivity contribution in [3.05, 3.63) is 5.01 Å². The number of amides is 2. The fraction of sp³-hybridized carbons (Fsp3) is 0.800. The molecule has 4 bridgehead atoms. The summed E-state index contributed by atoms with van der Waals surface area (Å²) in [7, 11) is 0. The molecule has 27 heavy (non-hydrogen) atoms. The second-order valence-corrected chi connectivity index (χ2v) is 10.5. The first-order chi connectivity index (χ1) is 13.0. The topological polar surface area (TPSA) is 84.0 Å². The lowest BCUT2D eigenvalue weighted by Gasteiger charge is -2.55. The number of carbonyl (C=O) groups is 2. The second-order valence-electron chi connectivity index (χ2n) is 9.52. The van der Waals surface area contributed by atoms with E-state index in [0.29, 0.717) is 17.6 Å². The first-order valence-electron chi connectivity index (χ1n) is 10.4. The molecule has 0 aromatic carbocycles. The third kappa shape index (κ3) is 3.39. The van der Waals surface area contributed by atoms with Crippen LogP contribution in [0.5, 0.6) is 0 Å². The number of hydrogen-bond donors (Lipinski definition) is 2. The van der Waals surface area contributed by atoms with Crippen LogP contribution in [0, 0.1) is 29.6 Å². The highest BCUT2D eigenvalue weighted by molar-refractivity contribution is 7.15. The molecule has 7 heteroatoms. The molecule has 0 spiro atoms. The zero-order valence-electron chi connectivity index (χ0n) is 15.9. The SMILES string of the molecule is CC1CC1C(=O)NCCC(=O)Nc1nnc(C23CC4CC(CC(C4)C2)C3)s1. The molecule has 6 nitrogen and oxygen atoms in total. The highest BCUT2D eigenvalue weighted by Crippen LogP contribution is 2.61. The van der Waals surface area contributed by atoms with Crippen molar-refractivity contribution in [2.45, 2.75) is 63.7 Å². The van der Waals surface area contributed by atoms with E-state index in [4.69, 9.17) is 0 Å². The van der Waals surface area contributed by atoms with Gasteiger partial charge in [-0.15, -0.1) is 10.2 Å². The molecule has 2 unspecified atom stereocenters. The second kappa shape index (κ2) is 6.54. The average molecular weight is 389 g/mol. The van der Waals surface area contributed by atoms with E-state index in [1.54, 1.807) is 11.3 Å². The summed E-state index contributed by atoms with van der Waals surface area (Å²) in [4.78, 5) is 24.0. The van der Waals surface area contributed by atoms with Crippen molar-refractivity contribution in [2.24, 2.45) is 29.6 Å². The standard InChI is InChI=1S/C20H28N4O2S/c1-11-4-15(11)17(26)21-3-2-16(25)22-19-24-23-18(27-19)20-8-12-5-13(9-20)7-14(6-12)10-20/h11-15H,2-10H2,1H3,(H,21,26)(H,22,24,25). The fourth-order valence-electron chi connectivity index (χ4n) is 6.16. The van der Waals surface area contributed by atoms with Crippen molar-refractivity contribution in [1.82, 2.24) is 15.5 Å². The van der Waals surface area contributed by atoms with Crippen molar-refractivity contribution < 1.29 is 9.59 Å². The smallest absolute Gasteiger partial charge is 0.227 e. The fourth-order valence-corrected chi connectivity index (χ4v) is 7.14. The summed E-state index contributed by atoms with van der Waals surface area (Å²) < 4.78 is 0. The highest BCUT2D eigenvalue weighted by atomic mass is 32.1. The number of carbonyl (C=O) groups excluding carboxylic acids is 2. The molecule has 146 valence electrons. The van der Waals surface area contributed by atoms with Gasteiger partial charge in [0.1, 0.15) is 5.01 Å². The van der Waals surface area contributed by atoms with Gasteiger partial charge in [0.15, 0.2) is 0 Å². The van der Waals surface area contributed by atoms with Gasteiger partial charge in [-0.2, -0.15) is 0 Å². The van der Waals surface area contributed by atoms with Crippen LogP contribution >= 0.6 is 11.3 Å². The predicted molar refractivity (Wildman–Crippen MR) is 103 cm³/mol. The number of nitrogens with one attached hydrogen (secondary N) is 2. The van der Waals surface area contributed by atoms with Crippen molar-refractivity contribution in [3.63, 3.8) is 0 Å². The monoisotopic (exact) mass is 388 g/mol. The molecular weight excluding hydrogens is 360 g/mol. The van der Waals surface area contributed by atoms with Gasteiger partial charge in [0.05, 0.1) is 0 Å². The molecule has 0 radical (unpaired) electrons. The van der Waals surface area contributed by atoms with Crippen LogP contribution in [0.15, 0.2) is 0 Å². The summed E-state index contributed by atoms with van der Waals surface area (Å²) in [6.07, 6.45) is 9.25. The molecule has 1 heterocycles. The van der Waals surface area contributed by atoms with Crippen LogP contribution in [-0.4, -0.2) is 28.6 Å². The van der Waals surface area contributed by atoms with Gasteiger partial charge in [0.2, 0.25) is 16.9 Å². The minimum Gasteiger partial charge on any atom is -0.355 e. The Morgan fingerprint density at radius 2 is 1.70 bits per heavy atom. The van der Waals surface area contributed by atoms with Crippen LogP contribution in [0.1, 0.15) is 63.3 Å².